The molecule has 1 saturated heterocycles. The Labute approximate surface area is 118 Å². The number of benzene rings is 1. The maximum Gasteiger partial charge on any atom is 0.126 e. The third-order valence-electron chi connectivity index (χ3n) is 3.45. The van der Waals surface area contributed by atoms with Gasteiger partial charge in [0, 0.05) is 12.8 Å². The minimum atomic E-state index is 0.0497. The molecule has 20 heavy (non-hydrogen) atoms. The number of hydrogen-bond donors (Lipinski definition) is 1. The molecule has 100 valence electrons. The Hall–Kier alpha value is -2.38. The first kappa shape index (κ1) is 12.6. The van der Waals surface area contributed by atoms with Crippen LogP contribution in [0.5, 0.6) is 0 Å². The molecule has 0 unspecified atom stereocenters. The van der Waals surface area contributed by atoms with E-state index < -0.39 is 0 Å². The van der Waals surface area contributed by atoms with Crippen LogP contribution in [0.1, 0.15) is 23.7 Å². The van der Waals surface area contributed by atoms with Crippen LogP contribution in [0.2, 0.25) is 0 Å². The van der Waals surface area contributed by atoms with Gasteiger partial charge in [-0.2, -0.15) is 5.26 Å². The zero-order valence-corrected chi connectivity index (χ0v) is 11.0. The van der Waals surface area contributed by atoms with Crippen LogP contribution in [0, 0.1) is 11.3 Å². The Kier molecular flexibility index (Phi) is 3.62. The first-order valence-electron chi connectivity index (χ1n) is 6.66. The van der Waals surface area contributed by atoms with E-state index in [0.717, 1.165) is 18.8 Å². The average molecular weight is 265 g/mol. The van der Waals surface area contributed by atoms with Crippen molar-refractivity contribution < 1.29 is 4.74 Å². The molecule has 1 fully saturated rings. The first-order chi connectivity index (χ1) is 9.86. The number of ether oxygens (including phenoxy) is 1. The van der Waals surface area contributed by atoms with Gasteiger partial charge in [0.1, 0.15) is 18.0 Å². The lowest BCUT2D eigenvalue weighted by atomic mass is 10.0. The van der Waals surface area contributed by atoms with Gasteiger partial charge in [-0.1, -0.05) is 30.3 Å². The molecule has 1 aromatic carbocycles. The van der Waals surface area contributed by atoms with Crippen LogP contribution in [-0.2, 0) is 4.74 Å². The Morgan fingerprint density at radius 3 is 2.75 bits per heavy atom. The van der Waals surface area contributed by atoms with Gasteiger partial charge in [-0.15, -0.1) is 0 Å². The van der Waals surface area contributed by atoms with Crippen LogP contribution in [0.3, 0.4) is 0 Å². The van der Waals surface area contributed by atoms with Gasteiger partial charge in [-0.05, 0) is 24.1 Å². The van der Waals surface area contributed by atoms with E-state index in [-0.39, 0.29) is 12.1 Å². The first-order valence-corrected chi connectivity index (χ1v) is 6.66. The molecule has 1 aromatic heterocycles. The van der Waals surface area contributed by atoms with E-state index in [1.807, 2.05) is 24.3 Å². The smallest absolute Gasteiger partial charge is 0.126 e. The summed E-state index contributed by atoms with van der Waals surface area (Å²) in [7, 11) is 0. The quantitative estimate of drug-likeness (QED) is 0.927. The molecule has 0 saturated carbocycles. The third kappa shape index (κ3) is 2.63. The van der Waals surface area contributed by atoms with E-state index in [1.165, 1.54) is 5.56 Å². The van der Waals surface area contributed by atoms with Gasteiger partial charge in [0.25, 0.3) is 0 Å². The molecule has 4 nitrogen and oxygen atoms in total. The molecule has 1 N–H and O–H groups in total. The zero-order valence-electron chi connectivity index (χ0n) is 11.0. The highest BCUT2D eigenvalue weighted by Crippen LogP contribution is 2.30. The maximum atomic E-state index is 8.77. The van der Waals surface area contributed by atoms with Gasteiger partial charge < -0.3 is 10.1 Å². The van der Waals surface area contributed by atoms with Crippen LogP contribution < -0.4 is 5.32 Å². The Morgan fingerprint density at radius 2 is 2.05 bits per heavy atom. The minimum absolute atomic E-state index is 0.0497. The summed E-state index contributed by atoms with van der Waals surface area (Å²) in [4.78, 5) is 4.25. The Morgan fingerprint density at radius 1 is 1.20 bits per heavy atom. The lowest BCUT2D eigenvalue weighted by Gasteiger charge is -2.20. The Bertz CT molecular complexity index is 604. The van der Waals surface area contributed by atoms with Crippen molar-refractivity contribution in [3.05, 3.63) is 59.8 Å². The lowest BCUT2D eigenvalue weighted by molar-refractivity contribution is 0.107. The normalized spacial score (nSPS) is 21.4. The molecule has 1 aliphatic heterocycles. The Balaban J connectivity index is 1.74. The van der Waals surface area contributed by atoms with E-state index in [2.05, 4.69) is 28.5 Å². The van der Waals surface area contributed by atoms with Crippen LogP contribution in [0.25, 0.3) is 0 Å². The molecular formula is C16H15N3O. The van der Waals surface area contributed by atoms with E-state index in [1.54, 1.807) is 12.3 Å². The van der Waals surface area contributed by atoms with Crippen molar-refractivity contribution in [1.29, 1.82) is 5.26 Å². The molecule has 0 amide bonds. The summed E-state index contributed by atoms with van der Waals surface area (Å²) < 4.78 is 5.83. The second kappa shape index (κ2) is 5.72. The van der Waals surface area contributed by atoms with Crippen molar-refractivity contribution in [3.63, 3.8) is 0 Å². The number of nitrogens with one attached hydrogen (secondary N) is 1. The van der Waals surface area contributed by atoms with Crippen LogP contribution in [-0.4, -0.2) is 17.6 Å². The standard InChI is InChI=1S/C16H15N3O/c17-10-12-6-7-15(18-11-12)19-14-8-9-20-16(14)13-4-2-1-3-5-13/h1-7,11,14,16H,8-9H2,(H,18,19)/t14-,16-/m1/s1. The maximum absolute atomic E-state index is 8.77. The fourth-order valence-corrected chi connectivity index (χ4v) is 2.44. The molecule has 2 atom stereocenters. The molecule has 4 heteroatoms. The molecule has 0 spiro atoms. The molecule has 2 aromatic rings. The molecule has 1 aliphatic rings. The summed E-state index contributed by atoms with van der Waals surface area (Å²) in [5, 5.41) is 12.2. The summed E-state index contributed by atoms with van der Waals surface area (Å²) in [6.07, 6.45) is 2.57. The van der Waals surface area contributed by atoms with Crippen molar-refractivity contribution in [1.82, 2.24) is 4.98 Å². The summed E-state index contributed by atoms with van der Waals surface area (Å²) in [6.45, 7) is 0.744. The largest absolute Gasteiger partial charge is 0.371 e. The number of rotatable bonds is 3. The van der Waals surface area contributed by atoms with E-state index in [0.29, 0.717) is 5.56 Å². The van der Waals surface area contributed by atoms with Crippen LogP contribution in [0.15, 0.2) is 48.7 Å². The van der Waals surface area contributed by atoms with Gasteiger partial charge >= 0.3 is 0 Å². The summed E-state index contributed by atoms with van der Waals surface area (Å²) in [6, 6.07) is 16.1. The number of aromatic nitrogens is 1. The summed E-state index contributed by atoms with van der Waals surface area (Å²) in [5.74, 6) is 0.778. The van der Waals surface area contributed by atoms with E-state index >= 15 is 0 Å². The average Bonchev–Trinajstić information content (AvgIpc) is 2.97. The van der Waals surface area contributed by atoms with E-state index in [9.17, 15) is 0 Å². The second-order valence-electron chi connectivity index (χ2n) is 4.79. The predicted octanol–water partition coefficient (Wildman–Crippen LogP) is 2.90. The predicted molar refractivity (Wildman–Crippen MR) is 76.1 cm³/mol. The van der Waals surface area contributed by atoms with Gasteiger partial charge in [0.05, 0.1) is 11.6 Å². The molecule has 2 heterocycles. The fourth-order valence-electron chi connectivity index (χ4n) is 2.44. The zero-order chi connectivity index (χ0) is 13.8. The lowest BCUT2D eigenvalue weighted by Crippen LogP contribution is -2.23. The summed E-state index contributed by atoms with van der Waals surface area (Å²) in [5.41, 5.74) is 1.74. The minimum Gasteiger partial charge on any atom is -0.371 e. The molecule has 3 rings (SSSR count). The van der Waals surface area contributed by atoms with Crippen molar-refractivity contribution in [2.75, 3.05) is 11.9 Å². The van der Waals surface area contributed by atoms with Crippen LogP contribution >= 0.6 is 0 Å². The highest BCUT2D eigenvalue weighted by atomic mass is 16.5. The number of nitrogens with zero attached hydrogens (tertiary/aromatic N) is 2. The molecule has 0 bridgehead atoms. The highest BCUT2D eigenvalue weighted by Gasteiger charge is 2.29. The molecule has 0 aliphatic carbocycles. The molecule has 0 radical (unpaired) electrons. The number of nitriles is 1. The number of hydrogen-bond acceptors (Lipinski definition) is 4. The van der Waals surface area contributed by atoms with Crippen molar-refractivity contribution >= 4 is 5.82 Å². The monoisotopic (exact) mass is 265 g/mol. The second-order valence-corrected chi connectivity index (χ2v) is 4.79. The van der Waals surface area contributed by atoms with Gasteiger partial charge in [0.2, 0.25) is 0 Å². The van der Waals surface area contributed by atoms with Gasteiger partial charge in [0.15, 0.2) is 0 Å². The van der Waals surface area contributed by atoms with Gasteiger partial charge in [-0.3, -0.25) is 0 Å². The summed E-state index contributed by atoms with van der Waals surface area (Å²) >= 11 is 0. The topological polar surface area (TPSA) is 57.9 Å². The van der Waals surface area contributed by atoms with E-state index in [4.69, 9.17) is 10.00 Å². The highest BCUT2D eigenvalue weighted by molar-refractivity contribution is 5.41. The van der Waals surface area contributed by atoms with Gasteiger partial charge in [-0.25, -0.2) is 4.98 Å². The fraction of sp³-hybridized carbons (Fsp3) is 0.250. The van der Waals surface area contributed by atoms with Crippen LogP contribution in [0.4, 0.5) is 5.82 Å². The number of anilines is 1. The van der Waals surface area contributed by atoms with Crippen molar-refractivity contribution in [2.45, 2.75) is 18.6 Å². The van der Waals surface area contributed by atoms with Crippen molar-refractivity contribution in [2.24, 2.45) is 0 Å². The number of pyridine rings is 1. The van der Waals surface area contributed by atoms with Crippen molar-refractivity contribution in [3.8, 4) is 6.07 Å². The SMILES string of the molecule is N#Cc1ccc(N[C@@H]2CCO[C@@H]2c2ccccc2)nc1. The third-order valence-corrected chi connectivity index (χ3v) is 3.45. The molecular weight excluding hydrogens is 250 g/mol.